The molecular formula is C10H19NO2. The van der Waals surface area contributed by atoms with Crippen LogP contribution in [0.1, 0.15) is 19.3 Å². The molecule has 76 valence electrons. The van der Waals surface area contributed by atoms with Crippen molar-refractivity contribution in [3.63, 3.8) is 0 Å². The van der Waals surface area contributed by atoms with Crippen LogP contribution in [0.25, 0.3) is 0 Å². The van der Waals surface area contributed by atoms with Crippen molar-refractivity contribution in [3.8, 4) is 0 Å². The van der Waals surface area contributed by atoms with E-state index in [1.165, 1.54) is 12.8 Å². The number of likely N-dealkylation sites (tertiary alicyclic amines) is 1. The summed E-state index contributed by atoms with van der Waals surface area (Å²) in [6.45, 7) is 3.94. The van der Waals surface area contributed by atoms with E-state index >= 15 is 0 Å². The molecule has 1 atom stereocenters. The Morgan fingerprint density at radius 3 is 2.77 bits per heavy atom. The summed E-state index contributed by atoms with van der Waals surface area (Å²) >= 11 is 0. The molecule has 1 N–H and O–H groups in total. The number of aliphatic hydroxyl groups is 1. The summed E-state index contributed by atoms with van der Waals surface area (Å²) in [5.74, 6) is 0. The fourth-order valence-corrected chi connectivity index (χ4v) is 2.26. The highest BCUT2D eigenvalue weighted by molar-refractivity contribution is 4.96. The van der Waals surface area contributed by atoms with Crippen molar-refractivity contribution < 1.29 is 9.84 Å². The van der Waals surface area contributed by atoms with E-state index in [0.29, 0.717) is 5.41 Å². The fraction of sp³-hybridized carbons (Fsp3) is 1.00. The van der Waals surface area contributed by atoms with Gasteiger partial charge in [-0.2, -0.15) is 0 Å². The van der Waals surface area contributed by atoms with Gasteiger partial charge in [-0.05, 0) is 19.3 Å². The van der Waals surface area contributed by atoms with Gasteiger partial charge in [0, 0.05) is 32.2 Å². The minimum Gasteiger partial charge on any atom is -0.392 e. The average Bonchev–Trinajstić information content (AvgIpc) is 2.70. The van der Waals surface area contributed by atoms with Crippen LogP contribution in [-0.4, -0.2) is 49.5 Å². The molecule has 0 spiro atoms. The summed E-state index contributed by atoms with van der Waals surface area (Å²) in [5.41, 5.74) is 0.443. The number of hydrogen-bond donors (Lipinski definition) is 1. The summed E-state index contributed by atoms with van der Waals surface area (Å²) < 4.78 is 5.22. The third-order valence-corrected chi connectivity index (χ3v) is 3.21. The lowest BCUT2D eigenvalue weighted by Gasteiger charge is -2.22. The Hall–Kier alpha value is -0.120. The molecule has 3 heteroatoms. The maximum Gasteiger partial charge on any atom is 0.0679 e. The van der Waals surface area contributed by atoms with E-state index < -0.39 is 0 Å². The molecule has 1 aliphatic carbocycles. The van der Waals surface area contributed by atoms with E-state index in [9.17, 15) is 5.11 Å². The zero-order valence-electron chi connectivity index (χ0n) is 8.33. The van der Waals surface area contributed by atoms with Gasteiger partial charge >= 0.3 is 0 Å². The topological polar surface area (TPSA) is 32.7 Å². The van der Waals surface area contributed by atoms with Crippen LogP contribution in [0.4, 0.5) is 0 Å². The Balaban J connectivity index is 1.77. The normalized spacial score (nSPS) is 32.3. The highest BCUT2D eigenvalue weighted by Crippen LogP contribution is 2.46. The van der Waals surface area contributed by atoms with Gasteiger partial charge in [0.2, 0.25) is 0 Å². The number of nitrogens with zero attached hydrogens (tertiary/aromatic N) is 1. The summed E-state index contributed by atoms with van der Waals surface area (Å²) in [7, 11) is 1.78. The molecule has 2 aliphatic rings. The lowest BCUT2D eigenvalue weighted by molar-refractivity contribution is 0.108. The van der Waals surface area contributed by atoms with E-state index in [-0.39, 0.29) is 6.10 Å². The van der Waals surface area contributed by atoms with Gasteiger partial charge in [-0.15, -0.1) is 0 Å². The van der Waals surface area contributed by atoms with Crippen LogP contribution in [0.2, 0.25) is 0 Å². The highest BCUT2D eigenvalue weighted by atomic mass is 16.5. The molecule has 0 aromatic rings. The maximum atomic E-state index is 9.37. The predicted octanol–water partition coefficient (Wildman–Crippen LogP) is 0.480. The van der Waals surface area contributed by atoms with E-state index in [2.05, 4.69) is 4.90 Å². The lowest BCUT2D eigenvalue weighted by atomic mass is 10.1. The average molecular weight is 185 g/mol. The Morgan fingerprint density at radius 1 is 1.54 bits per heavy atom. The number of aliphatic hydroxyl groups excluding tert-OH is 1. The minimum absolute atomic E-state index is 0.0849. The molecule has 2 fully saturated rings. The minimum atomic E-state index is -0.0849. The van der Waals surface area contributed by atoms with Gasteiger partial charge < -0.3 is 14.7 Å². The number of ether oxygens (including phenoxy) is 1. The van der Waals surface area contributed by atoms with Crippen LogP contribution in [0, 0.1) is 5.41 Å². The van der Waals surface area contributed by atoms with Crippen molar-refractivity contribution in [1.82, 2.24) is 4.90 Å². The smallest absolute Gasteiger partial charge is 0.0679 e. The quantitative estimate of drug-likeness (QED) is 0.691. The molecule has 1 aliphatic heterocycles. The summed E-state index contributed by atoms with van der Waals surface area (Å²) in [6.07, 6.45) is 3.46. The molecular weight excluding hydrogens is 166 g/mol. The summed E-state index contributed by atoms with van der Waals surface area (Å²) in [4.78, 5) is 2.37. The van der Waals surface area contributed by atoms with E-state index in [0.717, 1.165) is 32.7 Å². The molecule has 3 nitrogen and oxygen atoms in total. The predicted molar refractivity (Wildman–Crippen MR) is 50.6 cm³/mol. The first-order valence-corrected chi connectivity index (χ1v) is 5.13. The largest absolute Gasteiger partial charge is 0.392 e. The molecule has 0 aromatic carbocycles. The second-order valence-corrected chi connectivity index (χ2v) is 4.61. The lowest BCUT2D eigenvalue weighted by Crippen LogP contribution is -2.31. The van der Waals surface area contributed by atoms with Gasteiger partial charge in [0.05, 0.1) is 12.7 Å². The molecule has 1 unspecified atom stereocenters. The van der Waals surface area contributed by atoms with Gasteiger partial charge in [-0.25, -0.2) is 0 Å². The first kappa shape index (κ1) is 9.44. The molecule has 0 aromatic heterocycles. The zero-order chi connectivity index (χ0) is 9.31. The van der Waals surface area contributed by atoms with Crippen molar-refractivity contribution in [3.05, 3.63) is 0 Å². The SMILES string of the molecule is COCC1(CN2CCC(O)C2)CC1. The van der Waals surface area contributed by atoms with Crippen LogP contribution >= 0.6 is 0 Å². The van der Waals surface area contributed by atoms with Crippen molar-refractivity contribution in [2.45, 2.75) is 25.4 Å². The molecule has 0 bridgehead atoms. The number of β-amino-alcohol motifs (C(OH)–C–C–N with tert-alkyl or cyclic N) is 1. The van der Waals surface area contributed by atoms with Crippen LogP contribution in [-0.2, 0) is 4.74 Å². The van der Waals surface area contributed by atoms with Crippen molar-refractivity contribution in [1.29, 1.82) is 0 Å². The Kier molecular flexibility index (Phi) is 2.58. The molecule has 1 heterocycles. The van der Waals surface area contributed by atoms with E-state index in [1.54, 1.807) is 7.11 Å². The summed E-state index contributed by atoms with van der Waals surface area (Å²) in [5, 5.41) is 9.37. The second-order valence-electron chi connectivity index (χ2n) is 4.61. The van der Waals surface area contributed by atoms with Crippen LogP contribution in [0.3, 0.4) is 0 Å². The first-order chi connectivity index (χ1) is 6.24. The Morgan fingerprint density at radius 2 is 2.31 bits per heavy atom. The van der Waals surface area contributed by atoms with Gasteiger partial charge in [-0.3, -0.25) is 0 Å². The van der Waals surface area contributed by atoms with Crippen molar-refractivity contribution >= 4 is 0 Å². The molecule has 0 amide bonds. The van der Waals surface area contributed by atoms with Crippen LogP contribution < -0.4 is 0 Å². The molecule has 2 rings (SSSR count). The monoisotopic (exact) mass is 185 g/mol. The van der Waals surface area contributed by atoms with E-state index in [4.69, 9.17) is 4.74 Å². The van der Waals surface area contributed by atoms with Crippen molar-refractivity contribution in [2.75, 3.05) is 33.4 Å². The zero-order valence-corrected chi connectivity index (χ0v) is 8.33. The van der Waals surface area contributed by atoms with E-state index in [1.807, 2.05) is 0 Å². The molecule has 0 radical (unpaired) electrons. The third kappa shape index (κ3) is 2.22. The highest BCUT2D eigenvalue weighted by Gasteiger charge is 2.44. The molecule has 13 heavy (non-hydrogen) atoms. The maximum absolute atomic E-state index is 9.37. The standard InChI is InChI=1S/C10H19NO2/c1-13-8-10(3-4-10)7-11-5-2-9(12)6-11/h9,12H,2-8H2,1H3. The van der Waals surface area contributed by atoms with Crippen LogP contribution in [0.5, 0.6) is 0 Å². The molecule has 1 saturated heterocycles. The molecule has 1 saturated carbocycles. The van der Waals surface area contributed by atoms with Gasteiger partial charge in [0.1, 0.15) is 0 Å². The van der Waals surface area contributed by atoms with Crippen LogP contribution in [0.15, 0.2) is 0 Å². The van der Waals surface area contributed by atoms with Gasteiger partial charge in [0.15, 0.2) is 0 Å². The number of hydrogen-bond acceptors (Lipinski definition) is 3. The van der Waals surface area contributed by atoms with Crippen molar-refractivity contribution in [2.24, 2.45) is 5.41 Å². The Labute approximate surface area is 79.7 Å². The number of rotatable bonds is 4. The third-order valence-electron chi connectivity index (χ3n) is 3.21. The first-order valence-electron chi connectivity index (χ1n) is 5.13. The fourth-order valence-electron chi connectivity index (χ4n) is 2.26. The Bertz CT molecular complexity index is 180. The second kappa shape index (κ2) is 3.56. The van der Waals surface area contributed by atoms with Gasteiger partial charge in [0.25, 0.3) is 0 Å². The number of methoxy groups -OCH3 is 1. The summed E-state index contributed by atoms with van der Waals surface area (Å²) in [6, 6.07) is 0. The van der Waals surface area contributed by atoms with Gasteiger partial charge in [-0.1, -0.05) is 0 Å².